The van der Waals surface area contributed by atoms with Gasteiger partial charge in [0.2, 0.25) is 15.6 Å². The molecule has 0 amide bonds. The van der Waals surface area contributed by atoms with Gasteiger partial charge in [-0.2, -0.15) is 5.26 Å². The van der Waals surface area contributed by atoms with Crippen molar-refractivity contribution in [3.05, 3.63) is 66.1 Å². The Hall–Kier alpha value is -3.44. The van der Waals surface area contributed by atoms with Gasteiger partial charge in [0.15, 0.2) is 5.03 Å². The predicted molar refractivity (Wildman–Crippen MR) is 99.7 cm³/mol. The molecule has 2 heterocycles. The molecule has 0 fully saturated rings. The second-order valence-electron chi connectivity index (χ2n) is 6.02. The molecule has 0 aliphatic carbocycles. The summed E-state index contributed by atoms with van der Waals surface area (Å²) in [6.45, 7) is 0. The third-order valence-corrected chi connectivity index (χ3v) is 5.54. The van der Waals surface area contributed by atoms with E-state index in [4.69, 9.17) is 0 Å². The van der Waals surface area contributed by atoms with E-state index in [2.05, 4.69) is 9.97 Å². The van der Waals surface area contributed by atoms with Crippen molar-refractivity contribution in [2.75, 3.05) is 14.1 Å². The standard InChI is InChI=1S/C19H16N4O3S/c1-23(2)12-13(11-20)18(24)17-10-15-16(22-17)8-9-21-19(15)27(25,26)14-6-4-3-5-7-14/h3-10,12,22H,1-2H3. The van der Waals surface area contributed by atoms with Crippen LogP contribution in [0.25, 0.3) is 10.9 Å². The van der Waals surface area contributed by atoms with Gasteiger partial charge >= 0.3 is 0 Å². The number of carbonyl (C=O) groups excluding carboxylic acids is 1. The molecule has 2 aromatic heterocycles. The van der Waals surface area contributed by atoms with Crippen LogP contribution in [0.1, 0.15) is 10.5 Å². The van der Waals surface area contributed by atoms with Gasteiger partial charge in [0.05, 0.1) is 16.1 Å². The minimum atomic E-state index is -3.85. The van der Waals surface area contributed by atoms with Crippen molar-refractivity contribution in [1.82, 2.24) is 14.9 Å². The Labute approximate surface area is 156 Å². The lowest BCUT2D eigenvalue weighted by molar-refractivity contribution is 0.103. The highest BCUT2D eigenvalue weighted by atomic mass is 32.2. The number of fused-ring (bicyclic) bond motifs is 1. The summed E-state index contributed by atoms with van der Waals surface area (Å²) >= 11 is 0. The molecule has 0 atom stereocenters. The van der Waals surface area contributed by atoms with Crippen molar-refractivity contribution < 1.29 is 13.2 Å². The number of benzene rings is 1. The third-order valence-electron chi connectivity index (χ3n) is 3.82. The Morgan fingerprint density at radius 1 is 1.22 bits per heavy atom. The fourth-order valence-electron chi connectivity index (χ4n) is 2.62. The number of sulfone groups is 1. The van der Waals surface area contributed by atoms with E-state index < -0.39 is 15.6 Å². The zero-order valence-electron chi connectivity index (χ0n) is 14.7. The van der Waals surface area contributed by atoms with Gasteiger partial charge in [0.1, 0.15) is 11.6 Å². The minimum Gasteiger partial charge on any atom is -0.382 e. The SMILES string of the molecule is CN(C)C=C(C#N)C(=O)c1cc2c(S(=O)(=O)c3ccccc3)nccc2[nH]1. The van der Waals surface area contributed by atoms with E-state index in [1.165, 1.54) is 30.6 Å². The van der Waals surface area contributed by atoms with E-state index in [-0.39, 0.29) is 21.2 Å². The highest BCUT2D eigenvalue weighted by Crippen LogP contribution is 2.27. The number of nitrogens with zero attached hydrogens (tertiary/aromatic N) is 3. The van der Waals surface area contributed by atoms with Crippen LogP contribution < -0.4 is 0 Å². The first kappa shape index (κ1) is 18.4. The van der Waals surface area contributed by atoms with Crippen LogP contribution in [-0.4, -0.2) is 43.2 Å². The fourth-order valence-corrected chi connectivity index (χ4v) is 4.01. The first-order valence-corrected chi connectivity index (χ1v) is 9.44. The van der Waals surface area contributed by atoms with Crippen molar-refractivity contribution in [2.24, 2.45) is 0 Å². The number of aromatic nitrogens is 2. The number of allylic oxidation sites excluding steroid dienone is 1. The normalized spacial score (nSPS) is 12.0. The van der Waals surface area contributed by atoms with Gasteiger partial charge in [0, 0.05) is 31.9 Å². The Bertz CT molecular complexity index is 1190. The van der Waals surface area contributed by atoms with Crippen LogP contribution in [-0.2, 0) is 9.84 Å². The number of H-pyrrole nitrogens is 1. The van der Waals surface area contributed by atoms with Gasteiger partial charge in [-0.15, -0.1) is 0 Å². The number of hydrogen-bond acceptors (Lipinski definition) is 6. The molecule has 136 valence electrons. The lowest BCUT2D eigenvalue weighted by Crippen LogP contribution is -2.09. The summed E-state index contributed by atoms with van der Waals surface area (Å²) < 4.78 is 25.9. The van der Waals surface area contributed by atoms with E-state index in [1.54, 1.807) is 43.3 Å². The van der Waals surface area contributed by atoms with Crippen molar-refractivity contribution in [1.29, 1.82) is 5.26 Å². The van der Waals surface area contributed by atoms with Crippen LogP contribution in [0.3, 0.4) is 0 Å². The van der Waals surface area contributed by atoms with Crippen molar-refractivity contribution in [3.63, 3.8) is 0 Å². The zero-order valence-corrected chi connectivity index (χ0v) is 15.5. The summed E-state index contributed by atoms with van der Waals surface area (Å²) in [5, 5.41) is 9.38. The molecule has 0 aliphatic heterocycles. The van der Waals surface area contributed by atoms with Crippen molar-refractivity contribution in [3.8, 4) is 6.07 Å². The number of Topliss-reactive ketones (excluding diaryl/α,β-unsaturated/α-hetero) is 1. The second-order valence-corrected chi connectivity index (χ2v) is 7.89. The quantitative estimate of drug-likeness (QED) is 0.414. The molecule has 7 nitrogen and oxygen atoms in total. The maximum Gasteiger partial charge on any atom is 0.224 e. The van der Waals surface area contributed by atoms with Gasteiger partial charge < -0.3 is 9.88 Å². The molecule has 1 aromatic carbocycles. The largest absolute Gasteiger partial charge is 0.382 e. The smallest absolute Gasteiger partial charge is 0.224 e. The molecule has 0 saturated heterocycles. The van der Waals surface area contributed by atoms with Gasteiger partial charge in [0.25, 0.3) is 0 Å². The van der Waals surface area contributed by atoms with Crippen molar-refractivity contribution in [2.45, 2.75) is 9.92 Å². The van der Waals surface area contributed by atoms with Crippen LogP contribution in [0, 0.1) is 11.3 Å². The molecule has 0 bridgehead atoms. The molecule has 3 rings (SSSR count). The topological polar surface area (TPSA) is 107 Å². The molecule has 0 saturated carbocycles. The van der Waals surface area contributed by atoms with Crippen LogP contribution in [0.15, 0.2) is 70.4 Å². The molecule has 8 heteroatoms. The van der Waals surface area contributed by atoms with E-state index in [9.17, 15) is 18.5 Å². The molecule has 0 unspecified atom stereocenters. The van der Waals surface area contributed by atoms with E-state index in [1.807, 2.05) is 6.07 Å². The Kier molecular flexibility index (Phi) is 4.79. The molecular formula is C19H16N4O3S. The van der Waals surface area contributed by atoms with Gasteiger partial charge in [-0.25, -0.2) is 13.4 Å². The molecule has 27 heavy (non-hydrogen) atoms. The maximum atomic E-state index is 12.9. The van der Waals surface area contributed by atoms with Gasteiger partial charge in [-0.3, -0.25) is 4.79 Å². The Balaban J connectivity index is 2.15. The summed E-state index contributed by atoms with van der Waals surface area (Å²) in [5.41, 5.74) is 0.508. The Morgan fingerprint density at radius 3 is 2.56 bits per heavy atom. The predicted octanol–water partition coefficient (Wildman–Crippen LogP) is 2.55. The summed E-state index contributed by atoms with van der Waals surface area (Å²) in [6, 6.07) is 12.8. The minimum absolute atomic E-state index is 0.0630. The second kappa shape index (κ2) is 7.05. The van der Waals surface area contributed by atoms with E-state index >= 15 is 0 Å². The molecule has 0 spiro atoms. The van der Waals surface area contributed by atoms with Crippen molar-refractivity contribution >= 4 is 26.5 Å². The third kappa shape index (κ3) is 3.45. The lowest BCUT2D eigenvalue weighted by atomic mass is 10.1. The number of ketones is 1. The number of rotatable bonds is 5. The van der Waals surface area contributed by atoms with Crippen LogP contribution in [0.5, 0.6) is 0 Å². The fraction of sp³-hybridized carbons (Fsp3) is 0.105. The summed E-state index contributed by atoms with van der Waals surface area (Å²) in [7, 11) is -0.456. The number of carbonyl (C=O) groups is 1. The van der Waals surface area contributed by atoms with Crippen LogP contribution in [0.4, 0.5) is 0 Å². The first-order valence-electron chi connectivity index (χ1n) is 7.95. The average Bonchev–Trinajstić information content (AvgIpc) is 3.10. The summed E-state index contributed by atoms with van der Waals surface area (Å²) in [6.07, 6.45) is 2.78. The molecule has 0 radical (unpaired) electrons. The number of nitrogens with one attached hydrogen (secondary N) is 1. The number of aromatic amines is 1. The first-order chi connectivity index (χ1) is 12.8. The maximum absolute atomic E-state index is 12.9. The van der Waals surface area contributed by atoms with Gasteiger partial charge in [-0.1, -0.05) is 18.2 Å². The van der Waals surface area contributed by atoms with Gasteiger partial charge in [-0.05, 0) is 24.3 Å². The number of hydrogen-bond donors (Lipinski definition) is 1. The average molecular weight is 380 g/mol. The summed E-state index contributed by atoms with van der Waals surface area (Å²) in [5.74, 6) is -0.523. The number of nitriles is 1. The van der Waals surface area contributed by atoms with Crippen LogP contribution >= 0.6 is 0 Å². The van der Waals surface area contributed by atoms with Crippen LogP contribution in [0.2, 0.25) is 0 Å². The summed E-state index contributed by atoms with van der Waals surface area (Å²) in [4.78, 5) is 21.2. The molecule has 0 aliphatic rings. The molecular weight excluding hydrogens is 364 g/mol. The highest BCUT2D eigenvalue weighted by molar-refractivity contribution is 7.91. The lowest BCUT2D eigenvalue weighted by Gasteiger charge is -2.04. The monoisotopic (exact) mass is 380 g/mol. The molecule has 1 N–H and O–H groups in total. The van der Waals surface area contributed by atoms with E-state index in [0.29, 0.717) is 10.9 Å². The number of pyridine rings is 1. The Morgan fingerprint density at radius 2 is 1.93 bits per heavy atom. The molecule has 3 aromatic rings. The van der Waals surface area contributed by atoms with E-state index in [0.717, 1.165) is 0 Å². The zero-order chi connectivity index (χ0) is 19.6. The highest BCUT2D eigenvalue weighted by Gasteiger charge is 2.24.